The number of alkyl halides is 1. The number of hydrogen-bond acceptors (Lipinski definition) is 1. The first-order valence-electron chi connectivity index (χ1n) is 6.40. The fourth-order valence-corrected chi connectivity index (χ4v) is 3.99. The molecule has 1 fully saturated rings. The largest absolute Gasteiger partial charge is 0.346 e. The van der Waals surface area contributed by atoms with Crippen LogP contribution in [0.2, 0.25) is 0 Å². The van der Waals surface area contributed by atoms with Gasteiger partial charge in [0.2, 0.25) is 0 Å². The highest BCUT2D eigenvalue weighted by Gasteiger charge is 2.33. The van der Waals surface area contributed by atoms with Crippen LogP contribution < -0.4 is 5.32 Å². The second-order valence-electron chi connectivity index (χ2n) is 5.05. The van der Waals surface area contributed by atoms with Crippen molar-refractivity contribution >= 4 is 53.7 Å². The minimum atomic E-state index is -0.0862. The summed E-state index contributed by atoms with van der Waals surface area (Å²) in [4.78, 5) is 12.5. The van der Waals surface area contributed by atoms with Gasteiger partial charge in [-0.1, -0.05) is 51.1 Å². The molecule has 0 aliphatic heterocycles. The maximum absolute atomic E-state index is 12.5. The van der Waals surface area contributed by atoms with Crippen LogP contribution in [0, 0.1) is 0 Å². The molecular weight excluding hydrogens is 438 g/mol. The van der Waals surface area contributed by atoms with Crippen molar-refractivity contribution < 1.29 is 4.79 Å². The van der Waals surface area contributed by atoms with E-state index >= 15 is 0 Å². The molecule has 0 radical (unpaired) electrons. The van der Waals surface area contributed by atoms with Gasteiger partial charge in [0.1, 0.15) is 0 Å². The van der Waals surface area contributed by atoms with Gasteiger partial charge in [0.05, 0.1) is 11.1 Å². The predicted molar refractivity (Wildman–Crippen MR) is 88.9 cm³/mol. The van der Waals surface area contributed by atoms with Crippen molar-refractivity contribution in [2.75, 3.05) is 5.33 Å². The number of rotatable bonds is 3. The highest BCUT2D eigenvalue weighted by Crippen LogP contribution is 2.31. The van der Waals surface area contributed by atoms with E-state index in [1.54, 1.807) is 0 Å². The lowest BCUT2D eigenvalue weighted by atomic mass is 9.83. The summed E-state index contributed by atoms with van der Waals surface area (Å²) >= 11 is 10.4. The van der Waals surface area contributed by atoms with Gasteiger partial charge in [-0.2, -0.15) is 0 Å². The molecule has 1 N–H and O–H groups in total. The standard InChI is InChI=1S/C14H16Br3NO/c15-9-14(6-2-1-3-7-14)18-13(19)11-8-10(16)4-5-12(11)17/h4-5,8H,1-3,6-7,9H2,(H,18,19). The van der Waals surface area contributed by atoms with Crippen LogP contribution in [0.3, 0.4) is 0 Å². The van der Waals surface area contributed by atoms with E-state index in [9.17, 15) is 4.79 Å². The van der Waals surface area contributed by atoms with Crippen LogP contribution in [-0.2, 0) is 0 Å². The second-order valence-corrected chi connectivity index (χ2v) is 7.38. The topological polar surface area (TPSA) is 29.1 Å². The summed E-state index contributed by atoms with van der Waals surface area (Å²) in [5, 5.41) is 4.05. The quantitative estimate of drug-likeness (QED) is 0.638. The average molecular weight is 454 g/mol. The molecular formula is C14H16Br3NO. The lowest BCUT2D eigenvalue weighted by Gasteiger charge is -2.36. The number of carbonyl (C=O) groups is 1. The van der Waals surface area contributed by atoms with Crippen molar-refractivity contribution in [2.45, 2.75) is 37.6 Å². The van der Waals surface area contributed by atoms with E-state index in [0.717, 1.165) is 27.1 Å². The first kappa shape index (κ1) is 15.5. The van der Waals surface area contributed by atoms with E-state index < -0.39 is 0 Å². The van der Waals surface area contributed by atoms with E-state index in [1.807, 2.05) is 18.2 Å². The van der Waals surface area contributed by atoms with Gasteiger partial charge in [-0.25, -0.2) is 0 Å². The van der Waals surface area contributed by atoms with Gasteiger partial charge < -0.3 is 5.32 Å². The van der Waals surface area contributed by atoms with Crippen LogP contribution in [0.15, 0.2) is 27.1 Å². The molecule has 1 amide bonds. The summed E-state index contributed by atoms with van der Waals surface area (Å²) in [7, 11) is 0. The smallest absolute Gasteiger partial charge is 0.252 e. The fraction of sp³-hybridized carbons (Fsp3) is 0.500. The van der Waals surface area contributed by atoms with Crippen LogP contribution in [0.25, 0.3) is 0 Å². The summed E-state index contributed by atoms with van der Waals surface area (Å²) in [5.41, 5.74) is 0.595. The number of hydrogen-bond donors (Lipinski definition) is 1. The zero-order chi connectivity index (χ0) is 13.9. The van der Waals surface area contributed by atoms with Crippen molar-refractivity contribution in [1.82, 2.24) is 5.32 Å². The molecule has 0 saturated heterocycles. The predicted octanol–water partition coefficient (Wildman–Crippen LogP) is 5.04. The highest BCUT2D eigenvalue weighted by molar-refractivity contribution is 9.11. The molecule has 5 heteroatoms. The zero-order valence-corrected chi connectivity index (χ0v) is 15.3. The lowest BCUT2D eigenvalue weighted by molar-refractivity contribution is 0.0885. The number of benzene rings is 1. The number of halogens is 3. The Balaban J connectivity index is 2.17. The zero-order valence-electron chi connectivity index (χ0n) is 10.5. The monoisotopic (exact) mass is 451 g/mol. The van der Waals surface area contributed by atoms with Crippen LogP contribution >= 0.6 is 47.8 Å². The van der Waals surface area contributed by atoms with Crippen LogP contribution in [0.5, 0.6) is 0 Å². The first-order chi connectivity index (χ1) is 9.06. The van der Waals surface area contributed by atoms with Gasteiger partial charge in [0, 0.05) is 14.3 Å². The Kier molecular flexibility index (Phi) is 5.49. The summed E-state index contributed by atoms with van der Waals surface area (Å²) in [6.07, 6.45) is 5.74. The Morgan fingerprint density at radius 2 is 1.89 bits per heavy atom. The van der Waals surface area contributed by atoms with Crippen LogP contribution in [0.4, 0.5) is 0 Å². The van der Waals surface area contributed by atoms with Gasteiger partial charge in [0.25, 0.3) is 5.91 Å². The number of nitrogens with one attached hydrogen (secondary N) is 1. The molecule has 0 atom stereocenters. The number of amides is 1. The summed E-state index contributed by atoms with van der Waals surface area (Å²) in [6, 6.07) is 5.66. The van der Waals surface area contributed by atoms with Gasteiger partial charge >= 0.3 is 0 Å². The normalized spacial score (nSPS) is 18.1. The van der Waals surface area contributed by atoms with Crippen molar-refractivity contribution in [3.63, 3.8) is 0 Å². The SMILES string of the molecule is O=C(NC1(CBr)CCCCC1)c1cc(Br)ccc1Br. The van der Waals surface area contributed by atoms with Gasteiger partial charge in [-0.05, 0) is 47.0 Å². The molecule has 0 heterocycles. The Hall–Kier alpha value is 0.130. The molecule has 0 spiro atoms. The summed E-state index contributed by atoms with van der Waals surface area (Å²) in [6.45, 7) is 0. The first-order valence-corrected chi connectivity index (χ1v) is 9.11. The highest BCUT2D eigenvalue weighted by atomic mass is 79.9. The molecule has 1 aromatic carbocycles. The maximum atomic E-state index is 12.5. The minimum Gasteiger partial charge on any atom is -0.346 e. The third-order valence-electron chi connectivity index (χ3n) is 3.62. The van der Waals surface area contributed by atoms with Gasteiger partial charge in [-0.3, -0.25) is 4.79 Å². The molecule has 1 saturated carbocycles. The maximum Gasteiger partial charge on any atom is 0.252 e. The fourth-order valence-electron chi connectivity index (χ4n) is 2.50. The molecule has 1 aliphatic rings. The second kappa shape index (κ2) is 6.72. The van der Waals surface area contributed by atoms with Crippen molar-refractivity contribution in [3.05, 3.63) is 32.7 Å². The minimum absolute atomic E-state index is 0.00507. The van der Waals surface area contributed by atoms with Gasteiger partial charge in [-0.15, -0.1) is 0 Å². The molecule has 19 heavy (non-hydrogen) atoms. The molecule has 1 aromatic rings. The third kappa shape index (κ3) is 3.82. The molecule has 0 bridgehead atoms. The van der Waals surface area contributed by atoms with E-state index in [4.69, 9.17) is 0 Å². The Labute approximate surface area is 139 Å². The third-order valence-corrected chi connectivity index (χ3v) is 5.88. The van der Waals surface area contributed by atoms with E-state index in [2.05, 4.69) is 53.1 Å². The van der Waals surface area contributed by atoms with Crippen molar-refractivity contribution in [1.29, 1.82) is 0 Å². The Morgan fingerprint density at radius 1 is 1.21 bits per heavy atom. The molecule has 0 aromatic heterocycles. The summed E-state index contributed by atoms with van der Waals surface area (Å²) < 4.78 is 1.74. The van der Waals surface area contributed by atoms with Gasteiger partial charge in [0.15, 0.2) is 0 Å². The molecule has 0 unspecified atom stereocenters. The lowest BCUT2D eigenvalue weighted by Crippen LogP contribution is -2.51. The Morgan fingerprint density at radius 3 is 2.53 bits per heavy atom. The number of carbonyl (C=O) groups excluding carboxylic acids is 1. The average Bonchev–Trinajstić information content (AvgIpc) is 2.42. The van der Waals surface area contributed by atoms with E-state index in [1.165, 1.54) is 19.3 Å². The van der Waals surface area contributed by atoms with Crippen molar-refractivity contribution in [2.24, 2.45) is 0 Å². The van der Waals surface area contributed by atoms with E-state index in [0.29, 0.717) is 5.56 Å². The molecule has 2 rings (SSSR count). The molecule has 1 aliphatic carbocycles. The summed E-state index contributed by atoms with van der Waals surface area (Å²) in [5.74, 6) is -0.00507. The van der Waals surface area contributed by atoms with E-state index in [-0.39, 0.29) is 11.4 Å². The van der Waals surface area contributed by atoms with Crippen molar-refractivity contribution in [3.8, 4) is 0 Å². The van der Waals surface area contributed by atoms with Crippen LogP contribution in [-0.4, -0.2) is 16.8 Å². The Bertz CT molecular complexity index is 470. The molecule has 2 nitrogen and oxygen atoms in total. The molecule has 104 valence electrons. The van der Waals surface area contributed by atoms with Crippen LogP contribution in [0.1, 0.15) is 42.5 Å².